The first-order chi connectivity index (χ1) is 12.9. The average molecular weight is 368 g/mol. The van der Waals surface area contributed by atoms with E-state index in [-0.39, 0.29) is 17.0 Å². The molecule has 0 fully saturated rings. The number of pyridine rings is 2. The zero-order valence-corrected chi connectivity index (χ0v) is 15.0. The van der Waals surface area contributed by atoms with Crippen LogP contribution in [-0.2, 0) is 6.42 Å². The Morgan fingerprint density at radius 2 is 2.15 bits per heavy atom. The number of aromatic nitrogens is 2. The standard InChI is InChI=1S/C20H18FN3O3/c1-10-3-6-15(22-9-10)23-19(26)16-18(25)14-8-13(21)7-12-5-4-11(2)24(17(12)14)20(16)27/h3,6-9,11,25H,4-5H2,1-2H3,(H,22,23,26)/p+1. The number of anilines is 1. The van der Waals surface area contributed by atoms with E-state index in [9.17, 15) is 19.1 Å². The van der Waals surface area contributed by atoms with Crippen LogP contribution < -0.4 is 15.9 Å². The Labute approximate surface area is 154 Å². The van der Waals surface area contributed by atoms with Gasteiger partial charge in [-0.1, -0.05) is 0 Å². The number of halogens is 1. The Morgan fingerprint density at radius 1 is 1.37 bits per heavy atom. The first-order valence-electron chi connectivity index (χ1n) is 8.76. The van der Waals surface area contributed by atoms with Gasteiger partial charge in [-0.05, 0) is 56.0 Å². The van der Waals surface area contributed by atoms with Crippen LogP contribution in [0.2, 0.25) is 0 Å². The fourth-order valence-corrected chi connectivity index (χ4v) is 3.65. The van der Waals surface area contributed by atoms with Crippen molar-refractivity contribution in [3.63, 3.8) is 0 Å². The molecule has 1 aliphatic rings. The summed E-state index contributed by atoms with van der Waals surface area (Å²) in [5.74, 6) is -1.36. The van der Waals surface area contributed by atoms with Gasteiger partial charge in [0.05, 0.1) is 11.7 Å². The molecule has 138 valence electrons. The molecule has 27 heavy (non-hydrogen) atoms. The zero-order chi connectivity index (χ0) is 19.3. The first kappa shape index (κ1) is 17.2. The molecule has 3 aromatic rings. The van der Waals surface area contributed by atoms with Crippen molar-refractivity contribution in [1.82, 2.24) is 4.57 Å². The highest BCUT2D eigenvalue weighted by molar-refractivity contribution is 6.08. The van der Waals surface area contributed by atoms with Crippen molar-refractivity contribution in [2.45, 2.75) is 32.7 Å². The second kappa shape index (κ2) is 6.19. The summed E-state index contributed by atoms with van der Waals surface area (Å²) in [7, 11) is 0. The van der Waals surface area contributed by atoms with Crippen LogP contribution in [0.1, 0.15) is 40.9 Å². The van der Waals surface area contributed by atoms with Gasteiger partial charge >= 0.3 is 5.91 Å². The van der Waals surface area contributed by atoms with E-state index >= 15 is 0 Å². The molecule has 0 saturated heterocycles. The maximum Gasteiger partial charge on any atom is 0.348 e. The average Bonchev–Trinajstić information content (AvgIpc) is 2.62. The lowest BCUT2D eigenvalue weighted by Gasteiger charge is -2.26. The van der Waals surface area contributed by atoms with E-state index in [4.69, 9.17) is 0 Å². The minimum atomic E-state index is -0.744. The molecule has 0 radical (unpaired) electrons. The van der Waals surface area contributed by atoms with Gasteiger partial charge in [0, 0.05) is 17.5 Å². The number of rotatable bonds is 2. The molecule has 6 nitrogen and oxygen atoms in total. The molecule has 7 heteroatoms. The molecule has 1 aromatic carbocycles. The number of carbonyl (C=O) groups is 1. The second-order valence-electron chi connectivity index (χ2n) is 6.98. The molecule has 3 N–H and O–H groups in total. The number of nitrogens with one attached hydrogen (secondary N) is 2. The van der Waals surface area contributed by atoms with Gasteiger partial charge in [-0.3, -0.25) is 4.79 Å². The van der Waals surface area contributed by atoms with Gasteiger partial charge < -0.3 is 9.67 Å². The van der Waals surface area contributed by atoms with Crippen LogP contribution in [0.4, 0.5) is 10.2 Å². The fourth-order valence-electron chi connectivity index (χ4n) is 3.65. The van der Waals surface area contributed by atoms with Crippen LogP contribution >= 0.6 is 0 Å². The van der Waals surface area contributed by atoms with Gasteiger partial charge in [0.15, 0.2) is 5.56 Å². The van der Waals surface area contributed by atoms with Gasteiger partial charge in [-0.2, -0.15) is 0 Å². The molecule has 1 aliphatic heterocycles. The van der Waals surface area contributed by atoms with Crippen molar-refractivity contribution >= 4 is 22.6 Å². The third-order valence-corrected chi connectivity index (χ3v) is 5.03. The normalized spacial score (nSPS) is 15.7. The van der Waals surface area contributed by atoms with Crippen LogP contribution in [-0.4, -0.2) is 15.6 Å². The summed E-state index contributed by atoms with van der Waals surface area (Å²) in [4.78, 5) is 28.7. The highest BCUT2D eigenvalue weighted by Gasteiger charge is 2.30. The summed E-state index contributed by atoms with van der Waals surface area (Å²) < 4.78 is 15.5. The molecular formula is C20H19FN3O3+. The first-order valence-corrected chi connectivity index (χ1v) is 8.76. The SMILES string of the molecule is Cc1ccc(NC(=O)c2c(O)c3cc(F)cc4c3n(c2=O)C(C)CC4)[nH+]c1. The molecule has 1 atom stereocenters. The quantitative estimate of drug-likeness (QED) is 0.729. The van der Waals surface area contributed by atoms with Gasteiger partial charge in [0.2, 0.25) is 0 Å². The van der Waals surface area contributed by atoms with E-state index in [1.54, 1.807) is 18.3 Å². The van der Waals surface area contributed by atoms with E-state index in [1.807, 2.05) is 13.8 Å². The van der Waals surface area contributed by atoms with Crippen molar-refractivity contribution < 1.29 is 19.3 Å². The number of H-pyrrole nitrogens is 1. The van der Waals surface area contributed by atoms with Crippen LogP contribution in [0.25, 0.3) is 10.9 Å². The lowest BCUT2D eigenvalue weighted by Crippen LogP contribution is -2.34. The molecule has 0 bridgehead atoms. The maximum absolute atomic E-state index is 14.0. The Kier molecular flexibility index (Phi) is 3.95. The monoisotopic (exact) mass is 368 g/mol. The van der Waals surface area contributed by atoms with Crippen molar-refractivity contribution in [3.05, 3.63) is 63.3 Å². The molecule has 2 aromatic heterocycles. The van der Waals surface area contributed by atoms with Crippen molar-refractivity contribution in [2.75, 3.05) is 5.32 Å². The smallest absolute Gasteiger partial charge is 0.348 e. The number of aryl methyl sites for hydroxylation is 2. The Balaban J connectivity index is 1.92. The molecule has 0 aliphatic carbocycles. The molecule has 0 saturated carbocycles. The second-order valence-corrected chi connectivity index (χ2v) is 6.98. The number of carbonyl (C=O) groups excluding carboxylic acids is 1. The third kappa shape index (κ3) is 2.75. The summed E-state index contributed by atoms with van der Waals surface area (Å²) in [6.07, 6.45) is 2.97. The van der Waals surface area contributed by atoms with Crippen molar-refractivity contribution in [3.8, 4) is 5.75 Å². The van der Waals surface area contributed by atoms with E-state index in [0.717, 1.165) is 11.6 Å². The summed E-state index contributed by atoms with van der Waals surface area (Å²) >= 11 is 0. The number of benzene rings is 1. The number of aromatic amines is 1. The molecule has 1 unspecified atom stereocenters. The minimum Gasteiger partial charge on any atom is -0.506 e. The highest BCUT2D eigenvalue weighted by atomic mass is 19.1. The minimum absolute atomic E-state index is 0.156. The summed E-state index contributed by atoms with van der Waals surface area (Å²) in [6.45, 7) is 3.77. The zero-order valence-electron chi connectivity index (χ0n) is 15.0. The van der Waals surface area contributed by atoms with E-state index < -0.39 is 23.0 Å². The van der Waals surface area contributed by atoms with Crippen LogP contribution in [0, 0.1) is 12.7 Å². The Morgan fingerprint density at radius 3 is 2.85 bits per heavy atom. The number of nitrogens with zero attached hydrogens (tertiary/aromatic N) is 1. The number of hydrogen-bond acceptors (Lipinski definition) is 3. The Hall–Kier alpha value is -3.22. The molecule has 4 rings (SSSR count). The summed E-state index contributed by atoms with van der Waals surface area (Å²) in [6, 6.07) is 5.85. The highest BCUT2D eigenvalue weighted by Crippen LogP contribution is 2.35. The lowest BCUT2D eigenvalue weighted by molar-refractivity contribution is -0.361. The summed E-state index contributed by atoms with van der Waals surface area (Å²) in [5.41, 5.74) is 1.17. The topological polar surface area (TPSA) is 85.5 Å². The lowest BCUT2D eigenvalue weighted by atomic mass is 9.95. The number of amides is 1. The molecule has 1 amide bonds. The van der Waals surface area contributed by atoms with Crippen molar-refractivity contribution in [1.29, 1.82) is 0 Å². The predicted octanol–water partition coefficient (Wildman–Crippen LogP) is 2.73. The maximum atomic E-state index is 14.0. The fraction of sp³-hybridized carbons (Fsp3) is 0.250. The van der Waals surface area contributed by atoms with Crippen LogP contribution in [0.15, 0.2) is 35.3 Å². The largest absolute Gasteiger partial charge is 0.506 e. The van der Waals surface area contributed by atoms with E-state index in [2.05, 4.69) is 10.3 Å². The molecular weight excluding hydrogens is 349 g/mol. The number of hydrogen-bond donors (Lipinski definition) is 2. The van der Waals surface area contributed by atoms with Gasteiger partial charge in [0.25, 0.3) is 11.4 Å². The molecule has 0 spiro atoms. The van der Waals surface area contributed by atoms with Crippen LogP contribution in [0.3, 0.4) is 0 Å². The third-order valence-electron chi connectivity index (χ3n) is 5.03. The van der Waals surface area contributed by atoms with E-state index in [1.165, 1.54) is 10.6 Å². The van der Waals surface area contributed by atoms with Gasteiger partial charge in [0.1, 0.15) is 11.6 Å². The van der Waals surface area contributed by atoms with Gasteiger partial charge in [-0.25, -0.2) is 19.5 Å². The predicted molar refractivity (Wildman–Crippen MR) is 98.6 cm³/mol. The van der Waals surface area contributed by atoms with Gasteiger partial charge in [-0.15, -0.1) is 0 Å². The van der Waals surface area contributed by atoms with Crippen molar-refractivity contribution in [2.24, 2.45) is 0 Å². The Bertz CT molecular complexity index is 1140. The van der Waals surface area contributed by atoms with E-state index in [0.29, 0.717) is 29.7 Å². The van der Waals surface area contributed by atoms with Crippen LogP contribution in [0.5, 0.6) is 5.75 Å². The summed E-state index contributed by atoms with van der Waals surface area (Å²) in [5, 5.41) is 13.4. The number of aromatic hydroxyl groups is 1. The molecule has 3 heterocycles.